The highest BCUT2D eigenvalue weighted by Gasteiger charge is 2.19. The lowest BCUT2D eigenvalue weighted by atomic mass is 10.2. The molecule has 0 radical (unpaired) electrons. The van der Waals surface area contributed by atoms with Gasteiger partial charge in [0, 0.05) is 12.6 Å². The van der Waals surface area contributed by atoms with Gasteiger partial charge in [-0.05, 0) is 47.6 Å². The van der Waals surface area contributed by atoms with E-state index in [-0.39, 0.29) is 11.9 Å². The van der Waals surface area contributed by atoms with E-state index < -0.39 is 0 Å². The van der Waals surface area contributed by atoms with E-state index >= 15 is 0 Å². The molecule has 0 aliphatic carbocycles. The molecule has 6 nitrogen and oxygen atoms in total. The Morgan fingerprint density at radius 2 is 1.95 bits per heavy atom. The fraction of sp³-hybridized carbons (Fsp3) is 0.533. The molecule has 0 aliphatic heterocycles. The second kappa shape index (κ2) is 5.71. The zero-order valence-electron chi connectivity index (χ0n) is 13.6. The molecular formula is C15H23N5O. The van der Waals surface area contributed by atoms with E-state index in [1.165, 1.54) is 0 Å². The Kier molecular flexibility index (Phi) is 4.16. The van der Waals surface area contributed by atoms with Crippen molar-refractivity contribution in [3.63, 3.8) is 0 Å². The number of nitrogens with one attached hydrogen (secondary N) is 1. The summed E-state index contributed by atoms with van der Waals surface area (Å²) < 4.78 is 3.63. The first-order valence-corrected chi connectivity index (χ1v) is 7.26. The molecule has 114 valence electrons. The molecule has 2 heterocycles. The molecule has 2 aromatic rings. The van der Waals surface area contributed by atoms with Crippen molar-refractivity contribution in [1.29, 1.82) is 0 Å². The second-order valence-corrected chi connectivity index (χ2v) is 5.52. The maximum atomic E-state index is 12.5. The summed E-state index contributed by atoms with van der Waals surface area (Å²) in [4.78, 5) is 12.5. The Hall–Kier alpha value is -2.11. The predicted octanol–water partition coefficient (Wildman–Crippen LogP) is 2.86. The third-order valence-corrected chi connectivity index (χ3v) is 3.49. The van der Waals surface area contributed by atoms with E-state index in [4.69, 9.17) is 0 Å². The molecule has 21 heavy (non-hydrogen) atoms. The van der Waals surface area contributed by atoms with Crippen LogP contribution < -0.4 is 5.32 Å². The van der Waals surface area contributed by atoms with Gasteiger partial charge in [0.25, 0.3) is 5.91 Å². The number of hydrogen-bond donors (Lipinski definition) is 1. The second-order valence-electron chi connectivity index (χ2n) is 5.52. The molecule has 2 aromatic heterocycles. The molecule has 0 fully saturated rings. The van der Waals surface area contributed by atoms with Gasteiger partial charge in [0.1, 0.15) is 5.69 Å². The highest BCUT2D eigenvalue weighted by molar-refractivity contribution is 6.03. The highest BCUT2D eigenvalue weighted by Crippen LogP contribution is 2.23. The molecule has 2 rings (SSSR count). The van der Waals surface area contributed by atoms with E-state index in [0.29, 0.717) is 12.2 Å². The normalized spacial score (nSPS) is 11.2. The van der Waals surface area contributed by atoms with Gasteiger partial charge in [-0.25, -0.2) is 0 Å². The van der Waals surface area contributed by atoms with Crippen molar-refractivity contribution in [3.8, 4) is 0 Å². The zero-order valence-corrected chi connectivity index (χ0v) is 13.6. The monoisotopic (exact) mass is 289 g/mol. The molecule has 0 aliphatic rings. The molecule has 0 saturated heterocycles. The SMILES string of the molecule is CCn1nc(C)cc1C(=O)Nc1c(C)nn(C(C)C)c1C. The molecule has 0 spiro atoms. The number of rotatable bonds is 4. The van der Waals surface area contributed by atoms with Crippen LogP contribution in [0.25, 0.3) is 0 Å². The summed E-state index contributed by atoms with van der Waals surface area (Å²) in [5, 5.41) is 11.8. The van der Waals surface area contributed by atoms with E-state index in [9.17, 15) is 4.79 Å². The molecule has 0 bridgehead atoms. The Morgan fingerprint density at radius 1 is 1.29 bits per heavy atom. The van der Waals surface area contributed by atoms with Gasteiger partial charge < -0.3 is 5.32 Å². The van der Waals surface area contributed by atoms with E-state index in [1.807, 2.05) is 32.4 Å². The van der Waals surface area contributed by atoms with Gasteiger partial charge in [-0.2, -0.15) is 10.2 Å². The van der Waals surface area contributed by atoms with Crippen LogP contribution in [0.5, 0.6) is 0 Å². The van der Waals surface area contributed by atoms with Crippen molar-refractivity contribution in [1.82, 2.24) is 19.6 Å². The molecular weight excluding hydrogens is 266 g/mol. The Bertz CT molecular complexity index is 666. The lowest BCUT2D eigenvalue weighted by Crippen LogP contribution is -2.18. The average molecular weight is 289 g/mol. The minimum Gasteiger partial charge on any atom is -0.317 e. The van der Waals surface area contributed by atoms with Crippen molar-refractivity contribution in [2.45, 2.75) is 54.1 Å². The molecule has 0 saturated carbocycles. The molecule has 6 heteroatoms. The van der Waals surface area contributed by atoms with Crippen molar-refractivity contribution >= 4 is 11.6 Å². The summed E-state index contributed by atoms with van der Waals surface area (Å²) in [6.45, 7) is 12.5. The number of aromatic nitrogens is 4. The summed E-state index contributed by atoms with van der Waals surface area (Å²) in [5.74, 6) is -0.146. The minimum atomic E-state index is -0.146. The van der Waals surface area contributed by atoms with Crippen LogP contribution in [0.15, 0.2) is 6.07 Å². The van der Waals surface area contributed by atoms with E-state index in [0.717, 1.165) is 22.8 Å². The Morgan fingerprint density at radius 3 is 2.48 bits per heavy atom. The van der Waals surface area contributed by atoms with Crippen molar-refractivity contribution in [2.75, 3.05) is 5.32 Å². The Balaban J connectivity index is 2.32. The van der Waals surface area contributed by atoms with Crippen molar-refractivity contribution in [2.24, 2.45) is 0 Å². The fourth-order valence-corrected chi connectivity index (χ4v) is 2.49. The molecule has 1 N–H and O–H groups in total. The van der Waals surface area contributed by atoms with Crippen LogP contribution in [-0.2, 0) is 6.54 Å². The van der Waals surface area contributed by atoms with Gasteiger partial charge in [-0.3, -0.25) is 14.2 Å². The van der Waals surface area contributed by atoms with Gasteiger partial charge in [0.15, 0.2) is 0 Å². The number of amides is 1. The first-order valence-electron chi connectivity index (χ1n) is 7.26. The largest absolute Gasteiger partial charge is 0.317 e. The van der Waals surface area contributed by atoms with Crippen LogP contribution in [0.1, 0.15) is 54.4 Å². The maximum Gasteiger partial charge on any atom is 0.274 e. The first kappa shape index (κ1) is 15.3. The summed E-state index contributed by atoms with van der Waals surface area (Å²) in [6.07, 6.45) is 0. The van der Waals surface area contributed by atoms with Gasteiger partial charge in [-0.15, -0.1) is 0 Å². The van der Waals surface area contributed by atoms with E-state index in [1.54, 1.807) is 10.7 Å². The lowest BCUT2D eigenvalue weighted by Gasteiger charge is -2.10. The maximum absolute atomic E-state index is 12.5. The number of nitrogens with zero attached hydrogens (tertiary/aromatic N) is 4. The van der Waals surface area contributed by atoms with Gasteiger partial charge in [-0.1, -0.05) is 0 Å². The van der Waals surface area contributed by atoms with Gasteiger partial charge >= 0.3 is 0 Å². The molecule has 1 amide bonds. The molecule has 0 unspecified atom stereocenters. The molecule has 0 atom stereocenters. The zero-order chi connectivity index (χ0) is 15.7. The number of aryl methyl sites for hydroxylation is 3. The number of carbonyl (C=O) groups is 1. The quantitative estimate of drug-likeness (QED) is 0.941. The standard InChI is InChI=1S/C15H23N5O/c1-7-19-13(8-10(4)17-19)15(21)16-14-11(5)18-20(9(2)3)12(14)6/h8-9H,7H2,1-6H3,(H,16,21). The van der Waals surface area contributed by atoms with Gasteiger partial charge in [0.2, 0.25) is 0 Å². The van der Waals surface area contributed by atoms with E-state index in [2.05, 4.69) is 29.4 Å². The number of carbonyl (C=O) groups excluding carboxylic acids is 1. The molecule has 0 aromatic carbocycles. The van der Waals surface area contributed by atoms with Crippen LogP contribution in [0.4, 0.5) is 5.69 Å². The van der Waals surface area contributed by atoms with Crippen LogP contribution in [-0.4, -0.2) is 25.5 Å². The third-order valence-electron chi connectivity index (χ3n) is 3.49. The number of anilines is 1. The van der Waals surface area contributed by atoms with Crippen molar-refractivity contribution < 1.29 is 4.79 Å². The smallest absolute Gasteiger partial charge is 0.274 e. The lowest BCUT2D eigenvalue weighted by molar-refractivity contribution is 0.101. The van der Waals surface area contributed by atoms with Crippen LogP contribution in [0, 0.1) is 20.8 Å². The first-order chi connectivity index (χ1) is 9.85. The fourth-order valence-electron chi connectivity index (χ4n) is 2.49. The topological polar surface area (TPSA) is 64.7 Å². The summed E-state index contributed by atoms with van der Waals surface area (Å²) in [7, 11) is 0. The highest BCUT2D eigenvalue weighted by atomic mass is 16.2. The summed E-state index contributed by atoms with van der Waals surface area (Å²) >= 11 is 0. The summed E-state index contributed by atoms with van der Waals surface area (Å²) in [6, 6.07) is 2.06. The van der Waals surface area contributed by atoms with Crippen molar-refractivity contribution in [3.05, 3.63) is 28.8 Å². The summed E-state index contributed by atoms with van der Waals surface area (Å²) in [5.41, 5.74) is 4.00. The van der Waals surface area contributed by atoms with Crippen LogP contribution >= 0.6 is 0 Å². The predicted molar refractivity (Wildman–Crippen MR) is 82.7 cm³/mol. The van der Waals surface area contributed by atoms with Crippen LogP contribution in [0.3, 0.4) is 0 Å². The van der Waals surface area contributed by atoms with Gasteiger partial charge in [0.05, 0.1) is 22.8 Å². The third kappa shape index (κ3) is 2.84. The minimum absolute atomic E-state index is 0.146. The number of hydrogen-bond acceptors (Lipinski definition) is 3. The van der Waals surface area contributed by atoms with Crippen LogP contribution in [0.2, 0.25) is 0 Å². The Labute approximate surface area is 125 Å². The average Bonchev–Trinajstić information content (AvgIpc) is 2.93.